The smallest absolute Gasteiger partial charge is 0.447 e. The molecule has 12 nitrogen and oxygen atoms in total. The van der Waals surface area contributed by atoms with Crippen LogP contribution < -0.4 is 4.90 Å². The van der Waals surface area contributed by atoms with Crippen LogP contribution in [0.1, 0.15) is 31.5 Å². The minimum atomic E-state index is -3.01. The Balaban J connectivity index is 2.08. The van der Waals surface area contributed by atoms with E-state index in [1.807, 2.05) is 0 Å². The van der Waals surface area contributed by atoms with Crippen LogP contribution in [0.15, 0.2) is 12.3 Å². The fraction of sp³-hybridized carbons (Fsp3) is 0.611. The second-order valence-corrected chi connectivity index (χ2v) is 7.94. The summed E-state index contributed by atoms with van der Waals surface area (Å²) in [6.45, 7) is 1.59. The number of anilines is 1. The third kappa shape index (κ3) is 3.11. The molecule has 3 heterocycles. The Labute approximate surface area is 173 Å². The number of H-pyrrole nitrogens is 1. The number of hydrogen-bond acceptors (Lipinski definition) is 8. The van der Waals surface area contributed by atoms with Crippen LogP contribution in [0, 0.1) is 17.2 Å². The van der Waals surface area contributed by atoms with Crippen LogP contribution in [-0.2, 0) is 4.79 Å². The highest BCUT2D eigenvalue weighted by Gasteiger charge is 2.62. The molecule has 1 amide bonds. The minimum absolute atomic E-state index is 0.0946. The van der Waals surface area contributed by atoms with Gasteiger partial charge in [0, 0.05) is 12.6 Å². The summed E-state index contributed by atoms with van der Waals surface area (Å²) in [4.78, 5) is 18.6. The molecule has 3 atom stereocenters. The first-order chi connectivity index (χ1) is 13.9. The van der Waals surface area contributed by atoms with Crippen molar-refractivity contribution >= 4 is 17.7 Å². The van der Waals surface area contributed by atoms with E-state index < -0.39 is 42.3 Å². The molecule has 30 heavy (non-hydrogen) atoms. The SMILES string of the molecule is CC1CC(O)(O)N(C(=O)CC#N)C(O)(O)C1N(C)C1c2cc[nH]c2N(C)C(O)=[N+]1C. The summed E-state index contributed by atoms with van der Waals surface area (Å²) in [5.74, 6) is -7.10. The molecule has 12 heteroatoms. The first-order valence-corrected chi connectivity index (χ1v) is 9.37. The number of rotatable bonds is 3. The maximum atomic E-state index is 12.4. The predicted octanol–water partition coefficient (Wildman–Crippen LogP) is -1.62. The standard InChI is InChI=1S/C18H26N6O6/c1-10-9-17(27,28)24(12(25)5-7-19)18(29,30)13(10)21(2)15-11-6-8-20-14(11)22(3)16(26)23(15)4/h6,8,10,13,15,20,27-30H,5,9H2,1-4H3/p+1. The average molecular weight is 423 g/mol. The number of carbonyl (C=O) groups excluding carboxylic acids is 1. The zero-order valence-corrected chi connectivity index (χ0v) is 17.2. The molecule has 6 N–H and O–H groups in total. The summed E-state index contributed by atoms with van der Waals surface area (Å²) in [7, 11) is 4.86. The van der Waals surface area contributed by atoms with Crippen molar-refractivity contribution in [2.45, 2.75) is 43.8 Å². The van der Waals surface area contributed by atoms with E-state index in [0.717, 1.165) is 5.56 Å². The number of aromatic nitrogens is 1. The Kier molecular flexibility index (Phi) is 5.30. The Morgan fingerprint density at radius 2 is 2.07 bits per heavy atom. The zero-order valence-electron chi connectivity index (χ0n) is 17.2. The predicted molar refractivity (Wildman–Crippen MR) is 103 cm³/mol. The topological polar surface area (TPSA) is 171 Å². The number of fused-ring (bicyclic) bond motifs is 1. The molecule has 164 valence electrons. The Bertz CT molecular complexity index is 919. The quantitative estimate of drug-likeness (QED) is 0.247. The fourth-order valence-corrected chi connectivity index (χ4v) is 4.79. The van der Waals surface area contributed by atoms with E-state index in [0.29, 0.717) is 5.82 Å². The van der Waals surface area contributed by atoms with Crippen molar-refractivity contribution in [2.75, 3.05) is 26.0 Å². The molecule has 0 aliphatic carbocycles. The number of aliphatic hydroxyl groups excluding tert-OH is 1. The number of hydrogen-bond donors (Lipinski definition) is 6. The van der Waals surface area contributed by atoms with Gasteiger partial charge in [-0.3, -0.25) is 9.69 Å². The van der Waals surface area contributed by atoms with Crippen molar-refractivity contribution < 1.29 is 34.9 Å². The second kappa shape index (κ2) is 7.22. The number of likely N-dealkylation sites (N-methyl/N-ethyl adjacent to an activating group) is 1. The normalized spacial score (nSPS) is 27.8. The van der Waals surface area contributed by atoms with Crippen LogP contribution in [0.25, 0.3) is 0 Å². The molecule has 0 bridgehead atoms. The Morgan fingerprint density at radius 1 is 1.43 bits per heavy atom. The van der Waals surface area contributed by atoms with Crippen LogP contribution in [-0.4, -0.2) is 95.8 Å². The molecule has 0 saturated carbocycles. The highest BCUT2D eigenvalue weighted by atomic mass is 16.6. The van der Waals surface area contributed by atoms with Crippen LogP contribution in [0.3, 0.4) is 0 Å². The van der Waals surface area contributed by atoms with Crippen LogP contribution in [0.4, 0.5) is 5.82 Å². The van der Waals surface area contributed by atoms with Gasteiger partial charge >= 0.3 is 6.02 Å². The maximum Gasteiger partial charge on any atom is 0.451 e. The molecule has 3 unspecified atom stereocenters. The van der Waals surface area contributed by atoms with Crippen LogP contribution in [0.5, 0.6) is 0 Å². The molecular weight excluding hydrogens is 396 g/mol. The molecule has 2 aliphatic rings. The fourth-order valence-electron chi connectivity index (χ4n) is 4.79. The van der Waals surface area contributed by atoms with Gasteiger partial charge in [0.15, 0.2) is 6.17 Å². The summed E-state index contributed by atoms with van der Waals surface area (Å²) in [5.41, 5.74) is 0.725. The van der Waals surface area contributed by atoms with Gasteiger partial charge in [-0.1, -0.05) is 6.92 Å². The van der Waals surface area contributed by atoms with Gasteiger partial charge < -0.3 is 30.5 Å². The first kappa shape index (κ1) is 22.0. The summed E-state index contributed by atoms with van der Waals surface area (Å²) >= 11 is 0. The summed E-state index contributed by atoms with van der Waals surface area (Å²) in [5, 5.41) is 62.0. The van der Waals surface area contributed by atoms with Crippen molar-refractivity contribution in [2.24, 2.45) is 5.92 Å². The summed E-state index contributed by atoms with van der Waals surface area (Å²) < 4.78 is 1.51. The third-order valence-electron chi connectivity index (χ3n) is 5.88. The van der Waals surface area contributed by atoms with Gasteiger partial charge in [0.25, 0.3) is 11.8 Å². The first-order valence-electron chi connectivity index (χ1n) is 9.37. The van der Waals surface area contributed by atoms with E-state index in [1.165, 1.54) is 9.48 Å². The number of aromatic amines is 1. The highest BCUT2D eigenvalue weighted by molar-refractivity contribution is 5.87. The number of piperidine rings is 1. The van der Waals surface area contributed by atoms with Gasteiger partial charge in [0.05, 0.1) is 31.8 Å². The monoisotopic (exact) mass is 423 g/mol. The maximum absolute atomic E-state index is 12.4. The lowest BCUT2D eigenvalue weighted by molar-refractivity contribution is -0.588. The summed E-state index contributed by atoms with van der Waals surface area (Å²) in [6.07, 6.45) is -0.139. The lowest BCUT2D eigenvalue weighted by Crippen LogP contribution is -2.76. The van der Waals surface area contributed by atoms with Gasteiger partial charge in [0.1, 0.15) is 6.42 Å². The average Bonchev–Trinajstić information content (AvgIpc) is 3.07. The van der Waals surface area contributed by atoms with Crippen LogP contribution in [0.2, 0.25) is 0 Å². The Morgan fingerprint density at radius 3 is 2.67 bits per heavy atom. The second-order valence-electron chi connectivity index (χ2n) is 7.94. The summed E-state index contributed by atoms with van der Waals surface area (Å²) in [6, 6.07) is 2.07. The molecule has 0 spiro atoms. The number of likely N-dealkylation sites (tertiary alicyclic amines) is 1. The third-order valence-corrected chi connectivity index (χ3v) is 5.88. The molecular formula is C18H27N6O6+. The van der Waals surface area contributed by atoms with Gasteiger partial charge in [-0.15, -0.1) is 0 Å². The Hall–Kier alpha value is -2.69. The molecule has 1 saturated heterocycles. The van der Waals surface area contributed by atoms with Crippen molar-refractivity contribution in [3.8, 4) is 6.07 Å². The number of amidine groups is 1. The molecule has 0 aromatic carbocycles. The van der Waals surface area contributed by atoms with Crippen molar-refractivity contribution in [1.82, 2.24) is 14.8 Å². The highest BCUT2D eigenvalue weighted by Crippen LogP contribution is 2.43. The van der Waals surface area contributed by atoms with Gasteiger partial charge in [-0.25, -0.2) is 9.48 Å². The lowest BCUT2D eigenvalue weighted by Gasteiger charge is -2.55. The minimum Gasteiger partial charge on any atom is -0.447 e. The number of nitrogens with one attached hydrogen (secondary N) is 1. The molecule has 1 fully saturated rings. The van der Waals surface area contributed by atoms with E-state index in [4.69, 9.17) is 5.26 Å². The number of nitriles is 1. The van der Waals surface area contributed by atoms with E-state index in [1.54, 1.807) is 51.3 Å². The van der Waals surface area contributed by atoms with Crippen molar-refractivity contribution in [3.63, 3.8) is 0 Å². The molecule has 3 rings (SSSR count). The van der Waals surface area contributed by atoms with E-state index in [-0.39, 0.29) is 17.3 Å². The van der Waals surface area contributed by atoms with Gasteiger partial charge in [0.2, 0.25) is 11.7 Å². The number of aliphatic hydroxyl groups is 5. The molecule has 2 aliphatic heterocycles. The molecule has 1 aromatic rings. The van der Waals surface area contributed by atoms with Crippen LogP contribution >= 0.6 is 0 Å². The van der Waals surface area contributed by atoms with E-state index >= 15 is 0 Å². The number of amides is 1. The lowest BCUT2D eigenvalue weighted by atomic mass is 9.85. The van der Waals surface area contributed by atoms with Crippen molar-refractivity contribution in [1.29, 1.82) is 5.26 Å². The zero-order chi connectivity index (χ0) is 22.6. The molecule has 0 radical (unpaired) electrons. The van der Waals surface area contributed by atoms with Crippen molar-refractivity contribution in [3.05, 3.63) is 17.8 Å². The van der Waals surface area contributed by atoms with Gasteiger partial charge in [-0.2, -0.15) is 10.2 Å². The van der Waals surface area contributed by atoms with Gasteiger partial charge in [-0.05, 0) is 19.0 Å². The number of carbonyl (C=O) groups is 1. The van der Waals surface area contributed by atoms with E-state index in [2.05, 4.69) is 4.98 Å². The number of nitrogens with zero attached hydrogens (tertiary/aromatic N) is 5. The van der Waals surface area contributed by atoms with E-state index in [9.17, 15) is 30.3 Å². The largest absolute Gasteiger partial charge is 0.451 e. The molecule has 1 aromatic heterocycles.